The average molecular weight is 201 g/mol. The van der Waals surface area contributed by atoms with Gasteiger partial charge in [-0.05, 0) is 25.8 Å². The molecule has 0 bridgehead atoms. The van der Waals surface area contributed by atoms with E-state index in [9.17, 15) is 4.79 Å². The summed E-state index contributed by atoms with van der Waals surface area (Å²) >= 11 is 0. The van der Waals surface area contributed by atoms with Crippen molar-refractivity contribution in [3.05, 3.63) is 0 Å². The van der Waals surface area contributed by atoms with Crippen molar-refractivity contribution in [2.24, 2.45) is 5.92 Å². The first-order valence-corrected chi connectivity index (χ1v) is 5.57. The van der Waals surface area contributed by atoms with Crippen molar-refractivity contribution in [3.63, 3.8) is 0 Å². The maximum absolute atomic E-state index is 11.6. The van der Waals surface area contributed by atoms with Crippen LogP contribution in [0.5, 0.6) is 0 Å². The van der Waals surface area contributed by atoms with Crippen molar-refractivity contribution in [1.29, 1.82) is 0 Å². The van der Waals surface area contributed by atoms with Gasteiger partial charge < -0.3 is 10.1 Å². The van der Waals surface area contributed by atoms with Crippen LogP contribution in [-0.4, -0.2) is 25.2 Å². The molecule has 14 heavy (non-hydrogen) atoms. The van der Waals surface area contributed by atoms with E-state index in [1.54, 1.807) is 0 Å². The van der Waals surface area contributed by atoms with Gasteiger partial charge in [-0.25, -0.2) is 0 Å². The lowest BCUT2D eigenvalue weighted by atomic mass is 9.97. The summed E-state index contributed by atoms with van der Waals surface area (Å²) in [6, 6.07) is -0.139. The Bertz CT molecular complexity index is 159. The fraction of sp³-hybridized carbons (Fsp3) is 0.909. The molecule has 0 aliphatic rings. The van der Waals surface area contributed by atoms with Crippen LogP contribution in [0.2, 0.25) is 0 Å². The summed E-state index contributed by atoms with van der Waals surface area (Å²) in [5.74, 6) is 0.231. The van der Waals surface area contributed by atoms with Gasteiger partial charge in [-0.15, -0.1) is 0 Å². The lowest BCUT2D eigenvalue weighted by Gasteiger charge is -2.22. The molecule has 0 aliphatic heterocycles. The van der Waals surface area contributed by atoms with E-state index in [1.165, 1.54) is 0 Å². The lowest BCUT2D eigenvalue weighted by molar-refractivity contribution is -0.147. The smallest absolute Gasteiger partial charge is 0.323 e. The minimum atomic E-state index is -0.139. The van der Waals surface area contributed by atoms with Crippen LogP contribution in [0.4, 0.5) is 0 Å². The monoisotopic (exact) mass is 201 g/mol. The van der Waals surface area contributed by atoms with Gasteiger partial charge in [0.15, 0.2) is 0 Å². The number of likely N-dealkylation sites (N-methyl/N-ethyl adjacent to an activating group) is 1. The summed E-state index contributed by atoms with van der Waals surface area (Å²) in [6.45, 7) is 9.33. The van der Waals surface area contributed by atoms with E-state index in [2.05, 4.69) is 19.2 Å². The molecule has 3 nitrogen and oxygen atoms in total. The van der Waals surface area contributed by atoms with Crippen molar-refractivity contribution < 1.29 is 9.53 Å². The van der Waals surface area contributed by atoms with Crippen molar-refractivity contribution in [1.82, 2.24) is 5.32 Å². The number of hydrogen-bond acceptors (Lipinski definition) is 3. The van der Waals surface area contributed by atoms with Gasteiger partial charge in [-0.2, -0.15) is 0 Å². The minimum Gasteiger partial charge on any atom is -0.465 e. The molecule has 3 heteroatoms. The van der Waals surface area contributed by atoms with Gasteiger partial charge in [-0.3, -0.25) is 4.79 Å². The predicted molar refractivity (Wildman–Crippen MR) is 58.2 cm³/mol. The fourth-order valence-corrected chi connectivity index (χ4v) is 1.59. The van der Waals surface area contributed by atoms with E-state index < -0.39 is 0 Å². The second-order valence-corrected chi connectivity index (χ2v) is 3.55. The molecule has 0 amide bonds. The Labute approximate surface area is 87.2 Å². The second-order valence-electron chi connectivity index (χ2n) is 3.55. The third-order valence-electron chi connectivity index (χ3n) is 2.28. The van der Waals surface area contributed by atoms with Crippen molar-refractivity contribution in [2.75, 3.05) is 13.2 Å². The first-order chi connectivity index (χ1) is 6.67. The molecule has 84 valence electrons. The van der Waals surface area contributed by atoms with E-state index >= 15 is 0 Å². The quantitative estimate of drug-likeness (QED) is 0.640. The zero-order valence-electron chi connectivity index (χ0n) is 9.80. The van der Waals surface area contributed by atoms with Crippen molar-refractivity contribution in [3.8, 4) is 0 Å². The Morgan fingerprint density at radius 3 is 2.43 bits per heavy atom. The standard InChI is InChI=1S/C11H23NO2/c1-5-8-9(4)10(12-6-2)11(13)14-7-3/h9-10,12H,5-8H2,1-4H3. The summed E-state index contributed by atoms with van der Waals surface area (Å²) in [7, 11) is 0. The molecular formula is C11H23NO2. The molecule has 0 spiro atoms. The molecule has 1 N–H and O–H groups in total. The minimum absolute atomic E-state index is 0.115. The van der Waals surface area contributed by atoms with E-state index in [0.717, 1.165) is 19.4 Å². The Kier molecular flexibility index (Phi) is 7.48. The first kappa shape index (κ1) is 13.4. The summed E-state index contributed by atoms with van der Waals surface area (Å²) < 4.78 is 5.02. The second kappa shape index (κ2) is 7.80. The highest BCUT2D eigenvalue weighted by Gasteiger charge is 2.24. The highest BCUT2D eigenvalue weighted by atomic mass is 16.5. The maximum Gasteiger partial charge on any atom is 0.323 e. The Balaban J connectivity index is 4.18. The molecule has 0 heterocycles. The third-order valence-corrected chi connectivity index (χ3v) is 2.28. The number of hydrogen-bond donors (Lipinski definition) is 1. The van der Waals surface area contributed by atoms with Crippen LogP contribution < -0.4 is 5.32 Å². The van der Waals surface area contributed by atoms with E-state index in [4.69, 9.17) is 4.74 Å². The number of carbonyl (C=O) groups excluding carboxylic acids is 1. The lowest BCUT2D eigenvalue weighted by Crippen LogP contribution is -2.42. The number of rotatable bonds is 7. The Morgan fingerprint density at radius 2 is 2.00 bits per heavy atom. The molecule has 0 fully saturated rings. The van der Waals surface area contributed by atoms with Gasteiger partial charge in [-0.1, -0.05) is 27.2 Å². The summed E-state index contributed by atoms with van der Waals surface area (Å²) in [6.07, 6.45) is 2.15. The zero-order valence-corrected chi connectivity index (χ0v) is 9.80. The molecule has 0 aliphatic carbocycles. The van der Waals surface area contributed by atoms with E-state index in [1.807, 2.05) is 13.8 Å². The number of nitrogens with one attached hydrogen (secondary N) is 1. The molecule has 0 aromatic rings. The third kappa shape index (κ3) is 4.61. The van der Waals surface area contributed by atoms with Crippen LogP contribution in [0.1, 0.15) is 40.5 Å². The molecule has 2 atom stereocenters. The number of esters is 1. The van der Waals surface area contributed by atoms with Crippen LogP contribution in [0.3, 0.4) is 0 Å². The molecule has 0 rings (SSSR count). The number of carbonyl (C=O) groups is 1. The highest BCUT2D eigenvalue weighted by molar-refractivity contribution is 5.76. The van der Waals surface area contributed by atoms with Gasteiger partial charge in [0.2, 0.25) is 0 Å². The SMILES string of the molecule is CCCC(C)C(NCC)C(=O)OCC. The highest BCUT2D eigenvalue weighted by Crippen LogP contribution is 2.11. The zero-order chi connectivity index (χ0) is 11.0. The van der Waals surface area contributed by atoms with Crippen LogP contribution in [0.15, 0.2) is 0 Å². The van der Waals surface area contributed by atoms with Gasteiger partial charge >= 0.3 is 5.97 Å². The topological polar surface area (TPSA) is 38.3 Å². The largest absolute Gasteiger partial charge is 0.465 e. The van der Waals surface area contributed by atoms with Crippen molar-refractivity contribution >= 4 is 5.97 Å². The van der Waals surface area contributed by atoms with Crippen LogP contribution in [-0.2, 0) is 9.53 Å². The molecule has 0 saturated carbocycles. The molecule has 0 saturated heterocycles. The van der Waals surface area contributed by atoms with Gasteiger partial charge in [0.25, 0.3) is 0 Å². The van der Waals surface area contributed by atoms with Gasteiger partial charge in [0, 0.05) is 0 Å². The van der Waals surface area contributed by atoms with Crippen LogP contribution >= 0.6 is 0 Å². The molecule has 2 unspecified atom stereocenters. The predicted octanol–water partition coefficient (Wildman–Crippen LogP) is 1.96. The number of ether oxygens (including phenoxy) is 1. The maximum atomic E-state index is 11.6. The average Bonchev–Trinajstić information content (AvgIpc) is 2.14. The van der Waals surface area contributed by atoms with Crippen LogP contribution in [0, 0.1) is 5.92 Å². The normalized spacial score (nSPS) is 14.9. The summed E-state index contributed by atoms with van der Waals surface area (Å²) in [4.78, 5) is 11.6. The Hall–Kier alpha value is -0.570. The van der Waals surface area contributed by atoms with Gasteiger partial charge in [0.1, 0.15) is 6.04 Å². The fourth-order valence-electron chi connectivity index (χ4n) is 1.59. The summed E-state index contributed by atoms with van der Waals surface area (Å²) in [5.41, 5.74) is 0. The van der Waals surface area contributed by atoms with Crippen molar-refractivity contribution in [2.45, 2.75) is 46.6 Å². The molecule has 0 radical (unpaired) electrons. The van der Waals surface area contributed by atoms with Crippen LogP contribution in [0.25, 0.3) is 0 Å². The van der Waals surface area contributed by atoms with Gasteiger partial charge in [0.05, 0.1) is 6.61 Å². The van der Waals surface area contributed by atoms with E-state index in [0.29, 0.717) is 12.5 Å². The van der Waals surface area contributed by atoms with E-state index in [-0.39, 0.29) is 12.0 Å². The molecule has 0 aromatic carbocycles. The first-order valence-electron chi connectivity index (χ1n) is 5.57. The Morgan fingerprint density at radius 1 is 1.36 bits per heavy atom. The molecular weight excluding hydrogens is 178 g/mol. The molecule has 0 aromatic heterocycles. The summed E-state index contributed by atoms with van der Waals surface area (Å²) in [5, 5.41) is 3.18.